The molecule has 4 nitrogen and oxygen atoms in total. The van der Waals surface area contributed by atoms with Crippen molar-refractivity contribution in [2.45, 2.75) is 33.2 Å². The Labute approximate surface area is 107 Å². The molecule has 0 aliphatic carbocycles. The van der Waals surface area contributed by atoms with E-state index in [1.807, 2.05) is 31.2 Å². The van der Waals surface area contributed by atoms with Crippen molar-refractivity contribution in [1.29, 1.82) is 0 Å². The van der Waals surface area contributed by atoms with Gasteiger partial charge < -0.3 is 10.4 Å². The minimum Gasteiger partial charge on any atom is -0.480 e. The average molecular weight is 249 g/mol. The van der Waals surface area contributed by atoms with Crippen molar-refractivity contribution < 1.29 is 14.7 Å². The molecule has 1 atom stereocenters. The van der Waals surface area contributed by atoms with Gasteiger partial charge in [-0.15, -0.1) is 0 Å². The Balaban J connectivity index is 2.60. The molecule has 0 bridgehead atoms. The molecule has 1 aromatic rings. The van der Waals surface area contributed by atoms with Crippen LogP contribution in [0, 0.1) is 12.8 Å². The fraction of sp³-hybridized carbons (Fsp3) is 0.429. The summed E-state index contributed by atoms with van der Waals surface area (Å²) in [7, 11) is 0. The zero-order valence-corrected chi connectivity index (χ0v) is 10.9. The van der Waals surface area contributed by atoms with Crippen LogP contribution in [0.1, 0.15) is 25.0 Å². The van der Waals surface area contributed by atoms with E-state index in [0.717, 1.165) is 11.1 Å². The minimum atomic E-state index is -0.998. The Kier molecular flexibility index (Phi) is 4.89. The van der Waals surface area contributed by atoms with E-state index in [9.17, 15) is 9.59 Å². The highest BCUT2D eigenvalue weighted by Crippen LogP contribution is 2.06. The zero-order valence-electron chi connectivity index (χ0n) is 10.9. The molecule has 0 spiro atoms. The van der Waals surface area contributed by atoms with Crippen molar-refractivity contribution in [2.75, 3.05) is 0 Å². The second-order valence-corrected chi connectivity index (χ2v) is 4.79. The molecule has 0 radical (unpaired) electrons. The molecule has 0 aliphatic heterocycles. The molecule has 2 N–H and O–H groups in total. The number of carbonyl (C=O) groups excluding carboxylic acids is 1. The molecule has 1 rings (SSSR count). The molecule has 0 saturated carbocycles. The largest absolute Gasteiger partial charge is 0.480 e. The third-order valence-corrected chi connectivity index (χ3v) is 2.73. The maximum Gasteiger partial charge on any atom is 0.326 e. The van der Waals surface area contributed by atoms with Crippen molar-refractivity contribution in [3.63, 3.8) is 0 Å². The molecule has 0 aromatic heterocycles. The second-order valence-electron chi connectivity index (χ2n) is 4.79. The second kappa shape index (κ2) is 6.19. The summed E-state index contributed by atoms with van der Waals surface area (Å²) in [4.78, 5) is 22.7. The van der Waals surface area contributed by atoms with Crippen LogP contribution in [-0.4, -0.2) is 23.0 Å². The van der Waals surface area contributed by atoms with Crippen LogP contribution >= 0.6 is 0 Å². The van der Waals surface area contributed by atoms with Gasteiger partial charge in [0, 0.05) is 0 Å². The number of carboxylic acid groups (broad SMARTS) is 1. The number of aliphatic carboxylic acids is 1. The maximum atomic E-state index is 11.7. The third kappa shape index (κ3) is 4.20. The van der Waals surface area contributed by atoms with Crippen LogP contribution < -0.4 is 5.32 Å². The molecular weight excluding hydrogens is 230 g/mol. The topological polar surface area (TPSA) is 66.4 Å². The van der Waals surface area contributed by atoms with Crippen LogP contribution in [0.2, 0.25) is 0 Å². The predicted octanol–water partition coefficient (Wildman–Crippen LogP) is 1.76. The fourth-order valence-corrected chi connectivity index (χ4v) is 1.63. The highest BCUT2D eigenvalue weighted by Gasteiger charge is 2.23. The minimum absolute atomic E-state index is 0.135. The van der Waals surface area contributed by atoms with Crippen molar-refractivity contribution in [3.8, 4) is 0 Å². The number of aryl methyl sites for hydroxylation is 1. The lowest BCUT2D eigenvalue weighted by molar-refractivity contribution is -0.143. The first-order valence-corrected chi connectivity index (χ1v) is 5.98. The van der Waals surface area contributed by atoms with Gasteiger partial charge in [0.2, 0.25) is 5.91 Å². The smallest absolute Gasteiger partial charge is 0.326 e. The van der Waals surface area contributed by atoms with Gasteiger partial charge in [-0.25, -0.2) is 4.79 Å². The normalized spacial score (nSPS) is 12.2. The van der Waals surface area contributed by atoms with Gasteiger partial charge in [0.15, 0.2) is 0 Å². The number of hydrogen-bond acceptors (Lipinski definition) is 2. The standard InChI is InChI=1S/C14H19NO3/c1-9(2)13(14(17)18)15-12(16)8-11-6-4-10(3)5-7-11/h4-7,9,13H,8H2,1-3H3,(H,15,16)(H,17,18)/t13-/m0/s1. The molecule has 98 valence electrons. The van der Waals surface area contributed by atoms with Gasteiger partial charge in [0.05, 0.1) is 6.42 Å². The molecule has 1 aromatic carbocycles. The van der Waals surface area contributed by atoms with Crippen LogP contribution in [0.4, 0.5) is 0 Å². The Hall–Kier alpha value is -1.84. The molecule has 4 heteroatoms. The van der Waals surface area contributed by atoms with Gasteiger partial charge in [-0.05, 0) is 18.4 Å². The molecule has 0 aliphatic rings. The average Bonchev–Trinajstić information content (AvgIpc) is 2.28. The molecule has 0 saturated heterocycles. The lowest BCUT2D eigenvalue weighted by Crippen LogP contribution is -2.44. The summed E-state index contributed by atoms with van der Waals surface area (Å²) >= 11 is 0. The number of nitrogens with one attached hydrogen (secondary N) is 1. The monoisotopic (exact) mass is 249 g/mol. The van der Waals surface area contributed by atoms with Crippen LogP contribution in [0.15, 0.2) is 24.3 Å². The Morgan fingerprint density at radius 3 is 2.22 bits per heavy atom. The Morgan fingerprint density at radius 1 is 1.22 bits per heavy atom. The summed E-state index contributed by atoms with van der Waals surface area (Å²) < 4.78 is 0. The van der Waals surface area contributed by atoms with Crippen molar-refractivity contribution in [1.82, 2.24) is 5.32 Å². The van der Waals surface area contributed by atoms with Gasteiger partial charge in [-0.1, -0.05) is 43.7 Å². The summed E-state index contributed by atoms with van der Waals surface area (Å²) in [5.74, 6) is -1.40. The van der Waals surface area contributed by atoms with Gasteiger partial charge >= 0.3 is 5.97 Å². The highest BCUT2D eigenvalue weighted by atomic mass is 16.4. The van der Waals surface area contributed by atoms with E-state index in [0.29, 0.717) is 0 Å². The van der Waals surface area contributed by atoms with E-state index in [-0.39, 0.29) is 18.2 Å². The van der Waals surface area contributed by atoms with Crippen molar-refractivity contribution in [2.24, 2.45) is 5.92 Å². The number of amides is 1. The van der Waals surface area contributed by atoms with Crippen molar-refractivity contribution >= 4 is 11.9 Å². The van der Waals surface area contributed by atoms with Gasteiger partial charge in [0.1, 0.15) is 6.04 Å². The van der Waals surface area contributed by atoms with Crippen LogP contribution in [0.25, 0.3) is 0 Å². The summed E-state index contributed by atoms with van der Waals surface area (Å²) in [6.07, 6.45) is 0.205. The third-order valence-electron chi connectivity index (χ3n) is 2.73. The van der Waals surface area contributed by atoms with E-state index in [4.69, 9.17) is 5.11 Å². The summed E-state index contributed by atoms with van der Waals surface area (Å²) in [6, 6.07) is 6.78. The Morgan fingerprint density at radius 2 is 1.78 bits per heavy atom. The van der Waals surface area contributed by atoms with E-state index in [1.165, 1.54) is 0 Å². The van der Waals surface area contributed by atoms with Crippen LogP contribution in [0.5, 0.6) is 0 Å². The first kappa shape index (κ1) is 14.2. The molecular formula is C14H19NO3. The quantitative estimate of drug-likeness (QED) is 0.835. The SMILES string of the molecule is Cc1ccc(CC(=O)N[C@H](C(=O)O)C(C)C)cc1. The lowest BCUT2D eigenvalue weighted by atomic mass is 10.0. The summed E-state index contributed by atoms with van der Waals surface area (Å²) in [5.41, 5.74) is 2.01. The summed E-state index contributed by atoms with van der Waals surface area (Å²) in [6.45, 7) is 5.51. The van der Waals surface area contributed by atoms with Crippen LogP contribution in [0.3, 0.4) is 0 Å². The van der Waals surface area contributed by atoms with E-state index < -0.39 is 12.0 Å². The number of carbonyl (C=O) groups is 2. The van der Waals surface area contributed by atoms with Gasteiger partial charge in [-0.2, -0.15) is 0 Å². The van der Waals surface area contributed by atoms with E-state index in [2.05, 4.69) is 5.32 Å². The number of carboxylic acids is 1. The Bertz CT molecular complexity index is 423. The van der Waals surface area contributed by atoms with E-state index >= 15 is 0 Å². The molecule has 0 fully saturated rings. The van der Waals surface area contributed by atoms with Gasteiger partial charge in [-0.3, -0.25) is 4.79 Å². The summed E-state index contributed by atoms with van der Waals surface area (Å²) in [5, 5.41) is 11.5. The maximum absolute atomic E-state index is 11.7. The first-order valence-electron chi connectivity index (χ1n) is 5.98. The highest BCUT2D eigenvalue weighted by molar-refractivity contribution is 5.85. The number of rotatable bonds is 5. The molecule has 1 amide bonds. The number of hydrogen-bond donors (Lipinski definition) is 2. The lowest BCUT2D eigenvalue weighted by Gasteiger charge is -2.17. The van der Waals surface area contributed by atoms with Crippen LogP contribution in [-0.2, 0) is 16.0 Å². The zero-order chi connectivity index (χ0) is 13.7. The molecule has 18 heavy (non-hydrogen) atoms. The molecule has 0 unspecified atom stereocenters. The molecule has 0 heterocycles. The predicted molar refractivity (Wildman–Crippen MR) is 69.3 cm³/mol. The van der Waals surface area contributed by atoms with E-state index in [1.54, 1.807) is 13.8 Å². The van der Waals surface area contributed by atoms with Crippen molar-refractivity contribution in [3.05, 3.63) is 35.4 Å². The fourth-order valence-electron chi connectivity index (χ4n) is 1.63. The first-order chi connectivity index (χ1) is 8.40. The number of benzene rings is 1. The van der Waals surface area contributed by atoms with Gasteiger partial charge in [0.25, 0.3) is 0 Å².